The van der Waals surface area contributed by atoms with Crippen LogP contribution >= 0.6 is 0 Å². The number of rotatable bonds is 5. The predicted octanol–water partition coefficient (Wildman–Crippen LogP) is 2.52. The van der Waals surface area contributed by atoms with E-state index in [-0.39, 0.29) is 12.2 Å². The minimum absolute atomic E-state index is 0.00409. The Morgan fingerprint density at radius 2 is 1.89 bits per heavy atom. The van der Waals surface area contributed by atoms with Crippen LogP contribution < -0.4 is 9.47 Å². The van der Waals surface area contributed by atoms with Gasteiger partial charge in [0.1, 0.15) is 5.75 Å². The number of para-hydroxylation sites is 1. The zero-order valence-electron chi connectivity index (χ0n) is 10.9. The highest BCUT2D eigenvalue weighted by atomic mass is 16.5. The van der Waals surface area contributed by atoms with Gasteiger partial charge < -0.3 is 9.47 Å². The molecule has 2 rings (SSSR count). The maximum Gasteiger partial charge on any atom is 0.212 e. The van der Waals surface area contributed by atoms with E-state index in [1.165, 1.54) is 0 Å². The highest BCUT2D eigenvalue weighted by Gasteiger charge is 2.12. The first-order valence-corrected chi connectivity index (χ1v) is 5.89. The van der Waals surface area contributed by atoms with Crippen molar-refractivity contribution >= 4 is 5.78 Å². The molecule has 0 N–H and O–H groups in total. The van der Waals surface area contributed by atoms with Gasteiger partial charge in [-0.3, -0.25) is 4.79 Å². The van der Waals surface area contributed by atoms with Gasteiger partial charge in [-0.1, -0.05) is 18.2 Å². The third-order valence-electron chi connectivity index (χ3n) is 2.78. The number of nitrogens with zero attached hydrogens (tertiary/aromatic N) is 1. The average molecular weight is 257 g/mol. The molecular weight excluding hydrogens is 242 g/mol. The van der Waals surface area contributed by atoms with Gasteiger partial charge in [-0.15, -0.1) is 0 Å². The van der Waals surface area contributed by atoms with E-state index in [2.05, 4.69) is 4.98 Å². The van der Waals surface area contributed by atoms with Crippen molar-refractivity contribution in [2.45, 2.75) is 6.42 Å². The Bertz CT molecular complexity index is 564. The number of pyridine rings is 1. The molecule has 0 spiro atoms. The van der Waals surface area contributed by atoms with Crippen molar-refractivity contribution in [2.75, 3.05) is 14.2 Å². The molecule has 0 atom stereocenters. The van der Waals surface area contributed by atoms with Crippen molar-refractivity contribution in [2.24, 2.45) is 0 Å². The minimum Gasteiger partial charge on any atom is -0.496 e. The number of hydrogen-bond acceptors (Lipinski definition) is 4. The normalized spacial score (nSPS) is 10.0. The van der Waals surface area contributed by atoms with Crippen LogP contribution in [0.2, 0.25) is 0 Å². The lowest BCUT2D eigenvalue weighted by Gasteiger charge is -2.07. The monoisotopic (exact) mass is 257 g/mol. The fraction of sp³-hybridized carbons (Fsp3) is 0.200. The summed E-state index contributed by atoms with van der Waals surface area (Å²) in [7, 11) is 3.11. The zero-order chi connectivity index (χ0) is 13.7. The van der Waals surface area contributed by atoms with Gasteiger partial charge in [0.2, 0.25) is 5.88 Å². The van der Waals surface area contributed by atoms with Crippen molar-refractivity contribution in [1.29, 1.82) is 0 Å². The van der Waals surface area contributed by atoms with Gasteiger partial charge in [0.25, 0.3) is 0 Å². The first-order chi connectivity index (χ1) is 9.24. The van der Waals surface area contributed by atoms with Gasteiger partial charge in [0, 0.05) is 18.7 Å². The Morgan fingerprint density at radius 3 is 2.53 bits per heavy atom. The molecule has 0 amide bonds. The number of methoxy groups -OCH3 is 2. The molecule has 0 aliphatic heterocycles. The van der Waals surface area contributed by atoms with Crippen molar-refractivity contribution in [1.82, 2.24) is 4.98 Å². The molecule has 0 radical (unpaired) electrons. The second kappa shape index (κ2) is 6.00. The molecule has 1 heterocycles. The number of hydrogen-bond donors (Lipinski definition) is 0. The number of benzene rings is 1. The standard InChI is InChI=1S/C15H15NO3/c1-18-14-6-4-3-5-12(14)13(17)9-11-7-8-15(19-2)16-10-11/h3-8,10H,9H2,1-2H3. The van der Waals surface area contributed by atoms with Crippen LogP contribution in [0.5, 0.6) is 11.6 Å². The molecule has 98 valence electrons. The molecule has 0 aliphatic rings. The summed E-state index contributed by atoms with van der Waals surface area (Å²) in [6.07, 6.45) is 1.93. The Balaban J connectivity index is 2.16. The van der Waals surface area contributed by atoms with Crippen molar-refractivity contribution in [3.8, 4) is 11.6 Å². The third kappa shape index (κ3) is 3.10. The maximum atomic E-state index is 12.2. The van der Waals surface area contributed by atoms with Crippen LogP contribution in [0.4, 0.5) is 0 Å². The van der Waals surface area contributed by atoms with Crippen LogP contribution in [0.25, 0.3) is 0 Å². The molecule has 0 aliphatic carbocycles. The second-order valence-corrected chi connectivity index (χ2v) is 4.01. The van der Waals surface area contributed by atoms with Gasteiger partial charge in [0.15, 0.2) is 5.78 Å². The van der Waals surface area contributed by atoms with Crippen molar-refractivity contribution in [3.63, 3.8) is 0 Å². The van der Waals surface area contributed by atoms with Crippen LogP contribution in [0.3, 0.4) is 0 Å². The fourth-order valence-corrected chi connectivity index (χ4v) is 1.79. The minimum atomic E-state index is 0.00409. The van der Waals surface area contributed by atoms with Crippen LogP contribution in [-0.4, -0.2) is 25.0 Å². The third-order valence-corrected chi connectivity index (χ3v) is 2.78. The smallest absolute Gasteiger partial charge is 0.212 e. The maximum absolute atomic E-state index is 12.2. The van der Waals surface area contributed by atoms with Gasteiger partial charge in [-0.25, -0.2) is 4.98 Å². The predicted molar refractivity (Wildman–Crippen MR) is 71.8 cm³/mol. The molecule has 19 heavy (non-hydrogen) atoms. The van der Waals surface area contributed by atoms with E-state index < -0.39 is 0 Å². The van der Waals surface area contributed by atoms with Crippen molar-refractivity contribution < 1.29 is 14.3 Å². The lowest BCUT2D eigenvalue weighted by Crippen LogP contribution is -2.06. The Kier molecular flexibility index (Phi) is 4.13. The van der Waals surface area contributed by atoms with Crippen LogP contribution in [0.1, 0.15) is 15.9 Å². The number of aromatic nitrogens is 1. The Hall–Kier alpha value is -2.36. The molecule has 2 aromatic rings. The number of ether oxygens (including phenoxy) is 2. The van der Waals surface area contributed by atoms with Crippen LogP contribution in [0.15, 0.2) is 42.6 Å². The molecule has 0 unspecified atom stereocenters. The SMILES string of the molecule is COc1ccc(CC(=O)c2ccccc2OC)cn1. The Morgan fingerprint density at radius 1 is 1.11 bits per heavy atom. The highest BCUT2D eigenvalue weighted by molar-refractivity contribution is 5.99. The first-order valence-electron chi connectivity index (χ1n) is 5.89. The molecule has 4 heteroatoms. The Labute approximate surface area is 112 Å². The van der Waals surface area contributed by atoms with Gasteiger partial charge >= 0.3 is 0 Å². The van der Waals surface area contributed by atoms with E-state index in [0.717, 1.165) is 5.56 Å². The molecule has 0 bridgehead atoms. The number of carbonyl (C=O) groups excluding carboxylic acids is 1. The number of carbonyl (C=O) groups is 1. The van der Waals surface area contributed by atoms with Gasteiger partial charge in [0.05, 0.1) is 19.8 Å². The topological polar surface area (TPSA) is 48.4 Å². The number of Topliss-reactive ketones (excluding diaryl/α,β-unsaturated/α-hetero) is 1. The molecular formula is C15H15NO3. The summed E-state index contributed by atoms with van der Waals surface area (Å²) in [5.74, 6) is 1.13. The summed E-state index contributed by atoms with van der Waals surface area (Å²) >= 11 is 0. The van der Waals surface area contributed by atoms with Crippen LogP contribution in [-0.2, 0) is 6.42 Å². The van der Waals surface area contributed by atoms with E-state index in [1.807, 2.05) is 18.2 Å². The average Bonchev–Trinajstić information content (AvgIpc) is 2.48. The second-order valence-electron chi connectivity index (χ2n) is 4.01. The lowest BCUT2D eigenvalue weighted by atomic mass is 10.0. The van der Waals surface area contributed by atoms with E-state index in [9.17, 15) is 4.79 Å². The largest absolute Gasteiger partial charge is 0.496 e. The van der Waals surface area contributed by atoms with Gasteiger partial charge in [-0.05, 0) is 17.7 Å². The molecule has 1 aromatic carbocycles. The fourth-order valence-electron chi connectivity index (χ4n) is 1.79. The molecule has 0 fully saturated rings. The quantitative estimate of drug-likeness (QED) is 0.772. The summed E-state index contributed by atoms with van der Waals surface area (Å²) in [6, 6.07) is 10.8. The number of ketones is 1. The van der Waals surface area contributed by atoms with Crippen molar-refractivity contribution in [3.05, 3.63) is 53.7 Å². The molecule has 1 aromatic heterocycles. The molecule has 4 nitrogen and oxygen atoms in total. The lowest BCUT2D eigenvalue weighted by molar-refractivity contribution is 0.0990. The summed E-state index contributed by atoms with van der Waals surface area (Å²) in [5, 5.41) is 0. The summed E-state index contributed by atoms with van der Waals surface area (Å²) in [6.45, 7) is 0. The van der Waals surface area contributed by atoms with E-state index in [4.69, 9.17) is 9.47 Å². The summed E-state index contributed by atoms with van der Waals surface area (Å²) < 4.78 is 10.2. The summed E-state index contributed by atoms with van der Waals surface area (Å²) in [5.41, 5.74) is 1.43. The van der Waals surface area contributed by atoms with E-state index in [1.54, 1.807) is 38.6 Å². The summed E-state index contributed by atoms with van der Waals surface area (Å²) in [4.78, 5) is 16.3. The zero-order valence-corrected chi connectivity index (χ0v) is 10.9. The van der Waals surface area contributed by atoms with E-state index in [0.29, 0.717) is 17.2 Å². The van der Waals surface area contributed by atoms with E-state index >= 15 is 0 Å². The first kappa shape index (κ1) is 13.1. The van der Waals surface area contributed by atoms with Crippen LogP contribution in [0, 0.1) is 0 Å². The molecule has 0 saturated heterocycles. The molecule has 0 saturated carbocycles. The van der Waals surface area contributed by atoms with Gasteiger partial charge in [-0.2, -0.15) is 0 Å². The highest BCUT2D eigenvalue weighted by Crippen LogP contribution is 2.19.